The second-order valence-corrected chi connectivity index (χ2v) is 5.83. The topological polar surface area (TPSA) is 49.8 Å². The van der Waals surface area contributed by atoms with Crippen LogP contribution in [0.3, 0.4) is 0 Å². The van der Waals surface area contributed by atoms with Gasteiger partial charge in [0.1, 0.15) is 5.75 Å². The van der Waals surface area contributed by atoms with E-state index in [9.17, 15) is 4.79 Å². The highest BCUT2D eigenvalue weighted by molar-refractivity contribution is 9.10. The van der Waals surface area contributed by atoms with Crippen molar-refractivity contribution in [1.82, 2.24) is 4.90 Å². The Kier molecular flexibility index (Phi) is 6.31. The van der Waals surface area contributed by atoms with E-state index >= 15 is 0 Å². The van der Waals surface area contributed by atoms with Crippen LogP contribution in [-0.2, 0) is 11.3 Å². The van der Waals surface area contributed by atoms with Crippen LogP contribution in [-0.4, -0.2) is 36.2 Å². The van der Waals surface area contributed by atoms with Crippen molar-refractivity contribution in [3.05, 3.63) is 28.2 Å². The number of carbonyl (C=O) groups is 1. The standard InChI is InChI=1S/C14H20BrNO3/c1-10(2)7-16(9-14(17)18)8-11-6-12(15)4-5-13(11)19-3/h4-6,10H,7-9H2,1-3H3,(H,17,18). The number of hydrogen-bond acceptors (Lipinski definition) is 3. The molecule has 1 aromatic rings. The molecule has 0 fully saturated rings. The van der Waals surface area contributed by atoms with Gasteiger partial charge in [0.05, 0.1) is 13.7 Å². The first kappa shape index (κ1) is 16.0. The van der Waals surface area contributed by atoms with Crippen molar-refractivity contribution >= 4 is 21.9 Å². The number of halogens is 1. The van der Waals surface area contributed by atoms with Crippen molar-refractivity contribution in [1.29, 1.82) is 0 Å². The quantitative estimate of drug-likeness (QED) is 0.835. The van der Waals surface area contributed by atoms with E-state index in [2.05, 4.69) is 29.8 Å². The fourth-order valence-corrected chi connectivity index (χ4v) is 2.41. The van der Waals surface area contributed by atoms with Crippen molar-refractivity contribution in [2.45, 2.75) is 20.4 Å². The van der Waals surface area contributed by atoms with E-state index in [0.29, 0.717) is 12.5 Å². The van der Waals surface area contributed by atoms with Gasteiger partial charge in [-0.25, -0.2) is 0 Å². The maximum Gasteiger partial charge on any atom is 0.317 e. The van der Waals surface area contributed by atoms with Gasteiger partial charge < -0.3 is 9.84 Å². The number of benzene rings is 1. The summed E-state index contributed by atoms with van der Waals surface area (Å²) in [6.45, 7) is 5.49. The van der Waals surface area contributed by atoms with Gasteiger partial charge in [-0.3, -0.25) is 9.69 Å². The summed E-state index contributed by atoms with van der Waals surface area (Å²) in [6.07, 6.45) is 0. The lowest BCUT2D eigenvalue weighted by molar-refractivity contribution is -0.138. The third-order valence-corrected chi connectivity index (χ3v) is 3.11. The number of nitrogens with zero attached hydrogens (tertiary/aromatic N) is 1. The van der Waals surface area contributed by atoms with Crippen LogP contribution >= 0.6 is 15.9 Å². The molecule has 19 heavy (non-hydrogen) atoms. The summed E-state index contributed by atoms with van der Waals surface area (Å²) in [4.78, 5) is 12.8. The Bertz CT molecular complexity index is 435. The van der Waals surface area contributed by atoms with Gasteiger partial charge in [0.2, 0.25) is 0 Å². The van der Waals surface area contributed by atoms with Crippen molar-refractivity contribution in [3.63, 3.8) is 0 Å². The molecule has 0 aliphatic carbocycles. The summed E-state index contributed by atoms with van der Waals surface area (Å²) in [7, 11) is 1.62. The predicted molar refractivity (Wildman–Crippen MR) is 78.4 cm³/mol. The van der Waals surface area contributed by atoms with Gasteiger partial charge in [-0.1, -0.05) is 29.8 Å². The molecule has 5 heteroatoms. The molecule has 1 aromatic carbocycles. The molecule has 0 bridgehead atoms. The molecule has 0 aliphatic rings. The average molecular weight is 330 g/mol. The molecule has 1 rings (SSSR count). The Morgan fingerprint density at radius 3 is 2.68 bits per heavy atom. The number of ether oxygens (including phenoxy) is 1. The average Bonchev–Trinajstić information content (AvgIpc) is 2.27. The van der Waals surface area contributed by atoms with Crippen LogP contribution in [0, 0.1) is 5.92 Å². The molecule has 0 radical (unpaired) electrons. The van der Waals surface area contributed by atoms with Gasteiger partial charge in [-0.2, -0.15) is 0 Å². The minimum absolute atomic E-state index is 0.0356. The fraction of sp³-hybridized carbons (Fsp3) is 0.500. The third kappa shape index (κ3) is 5.61. The highest BCUT2D eigenvalue weighted by atomic mass is 79.9. The summed E-state index contributed by atoms with van der Waals surface area (Å²) in [5.74, 6) is 0.384. The zero-order chi connectivity index (χ0) is 14.4. The first-order valence-corrected chi connectivity index (χ1v) is 6.98. The van der Waals surface area contributed by atoms with Crippen LogP contribution in [0.15, 0.2) is 22.7 Å². The number of carboxylic acids is 1. The van der Waals surface area contributed by atoms with Gasteiger partial charge in [0, 0.05) is 23.1 Å². The molecular formula is C14H20BrNO3. The van der Waals surface area contributed by atoms with Crippen LogP contribution in [0.5, 0.6) is 5.75 Å². The predicted octanol–water partition coefficient (Wildman–Crippen LogP) is 3.00. The molecule has 0 spiro atoms. The van der Waals surface area contributed by atoms with Crippen LogP contribution in [0.2, 0.25) is 0 Å². The molecule has 0 saturated heterocycles. The summed E-state index contributed by atoms with van der Waals surface area (Å²) in [5.41, 5.74) is 0.985. The van der Waals surface area contributed by atoms with Gasteiger partial charge in [0.15, 0.2) is 0 Å². The van der Waals surface area contributed by atoms with Gasteiger partial charge in [-0.05, 0) is 24.1 Å². The zero-order valence-corrected chi connectivity index (χ0v) is 13.1. The number of rotatable bonds is 7. The third-order valence-electron chi connectivity index (χ3n) is 2.62. The number of carboxylic acid groups (broad SMARTS) is 1. The molecule has 0 amide bonds. The molecule has 4 nitrogen and oxygen atoms in total. The van der Waals surface area contributed by atoms with Crippen molar-refractivity contribution in [2.75, 3.05) is 20.2 Å². The molecule has 1 N–H and O–H groups in total. The first-order valence-electron chi connectivity index (χ1n) is 6.19. The molecule has 0 aliphatic heterocycles. The fourth-order valence-electron chi connectivity index (χ4n) is 2.00. The Morgan fingerprint density at radius 2 is 2.16 bits per heavy atom. The van der Waals surface area contributed by atoms with E-state index in [1.807, 2.05) is 23.1 Å². The van der Waals surface area contributed by atoms with E-state index < -0.39 is 5.97 Å². The second kappa shape index (κ2) is 7.50. The normalized spacial score (nSPS) is 11.1. The Morgan fingerprint density at radius 1 is 1.47 bits per heavy atom. The molecule has 0 atom stereocenters. The van der Waals surface area contributed by atoms with E-state index in [4.69, 9.17) is 9.84 Å². The highest BCUT2D eigenvalue weighted by Gasteiger charge is 2.14. The van der Waals surface area contributed by atoms with Crippen LogP contribution in [0.25, 0.3) is 0 Å². The van der Waals surface area contributed by atoms with E-state index in [1.54, 1.807) is 7.11 Å². The second-order valence-electron chi connectivity index (χ2n) is 4.91. The summed E-state index contributed by atoms with van der Waals surface area (Å²) in [5, 5.41) is 8.97. The van der Waals surface area contributed by atoms with E-state index in [0.717, 1.165) is 22.3 Å². The minimum Gasteiger partial charge on any atom is -0.496 e. The lowest BCUT2D eigenvalue weighted by Gasteiger charge is -2.23. The van der Waals surface area contributed by atoms with Gasteiger partial charge in [-0.15, -0.1) is 0 Å². The minimum atomic E-state index is -0.811. The van der Waals surface area contributed by atoms with Crippen molar-refractivity contribution < 1.29 is 14.6 Å². The smallest absolute Gasteiger partial charge is 0.317 e. The SMILES string of the molecule is COc1ccc(Br)cc1CN(CC(=O)O)CC(C)C. The lowest BCUT2D eigenvalue weighted by atomic mass is 10.1. The van der Waals surface area contributed by atoms with E-state index in [1.165, 1.54) is 0 Å². The Hall–Kier alpha value is -1.07. The van der Waals surface area contributed by atoms with Crippen LogP contribution < -0.4 is 4.74 Å². The maximum atomic E-state index is 10.9. The number of aliphatic carboxylic acids is 1. The van der Waals surface area contributed by atoms with E-state index in [-0.39, 0.29) is 6.54 Å². The highest BCUT2D eigenvalue weighted by Crippen LogP contribution is 2.24. The summed E-state index contributed by atoms with van der Waals surface area (Å²) in [6, 6.07) is 5.76. The summed E-state index contributed by atoms with van der Waals surface area (Å²) < 4.78 is 6.28. The molecular weight excluding hydrogens is 310 g/mol. The first-order chi connectivity index (χ1) is 8.92. The lowest BCUT2D eigenvalue weighted by Crippen LogP contribution is -2.32. The van der Waals surface area contributed by atoms with Crippen molar-refractivity contribution in [2.24, 2.45) is 5.92 Å². The maximum absolute atomic E-state index is 10.9. The van der Waals surface area contributed by atoms with Crippen molar-refractivity contribution in [3.8, 4) is 5.75 Å². The zero-order valence-electron chi connectivity index (χ0n) is 11.5. The Balaban J connectivity index is 2.88. The molecule has 106 valence electrons. The van der Waals surface area contributed by atoms with Gasteiger partial charge in [0.25, 0.3) is 0 Å². The largest absolute Gasteiger partial charge is 0.496 e. The summed E-state index contributed by atoms with van der Waals surface area (Å²) >= 11 is 3.43. The van der Waals surface area contributed by atoms with Gasteiger partial charge >= 0.3 is 5.97 Å². The molecule has 0 saturated carbocycles. The molecule has 0 heterocycles. The Labute approximate surface area is 122 Å². The monoisotopic (exact) mass is 329 g/mol. The van der Waals surface area contributed by atoms with Crippen LogP contribution in [0.1, 0.15) is 19.4 Å². The molecule has 0 aromatic heterocycles. The van der Waals surface area contributed by atoms with Crippen LogP contribution in [0.4, 0.5) is 0 Å². The number of hydrogen-bond donors (Lipinski definition) is 1. The molecule has 0 unspecified atom stereocenters. The number of methoxy groups -OCH3 is 1.